The highest BCUT2D eigenvalue weighted by atomic mass is 32.2. The number of piperidine rings is 1. The molecule has 0 saturated carbocycles. The number of nitrogens with one attached hydrogen (secondary N) is 1. The van der Waals surface area contributed by atoms with Gasteiger partial charge in [-0.15, -0.1) is 0 Å². The van der Waals surface area contributed by atoms with Crippen molar-refractivity contribution in [2.24, 2.45) is 17.1 Å². The van der Waals surface area contributed by atoms with Gasteiger partial charge in [0.15, 0.2) is 0 Å². The maximum Gasteiger partial charge on any atom is 0.279 e. The standard InChI is InChI=1S/C12H27N3O2S/c1-10-6-5-7-15(9-10)18(16,17)14-11(8-13)12(2,3)4/h10-11,14H,5-9,13H2,1-4H3. The van der Waals surface area contributed by atoms with Gasteiger partial charge < -0.3 is 5.73 Å². The van der Waals surface area contributed by atoms with Gasteiger partial charge in [-0.2, -0.15) is 17.4 Å². The van der Waals surface area contributed by atoms with E-state index in [-0.39, 0.29) is 11.5 Å². The van der Waals surface area contributed by atoms with Crippen molar-refractivity contribution in [3.8, 4) is 0 Å². The van der Waals surface area contributed by atoms with E-state index in [1.807, 2.05) is 20.8 Å². The van der Waals surface area contributed by atoms with Crippen LogP contribution >= 0.6 is 0 Å². The fourth-order valence-corrected chi connectivity index (χ4v) is 3.98. The van der Waals surface area contributed by atoms with E-state index in [4.69, 9.17) is 5.73 Å². The minimum absolute atomic E-state index is 0.177. The largest absolute Gasteiger partial charge is 0.329 e. The van der Waals surface area contributed by atoms with Crippen LogP contribution in [0.5, 0.6) is 0 Å². The van der Waals surface area contributed by atoms with Crippen LogP contribution in [0.15, 0.2) is 0 Å². The molecule has 0 aromatic heterocycles. The zero-order chi connectivity index (χ0) is 14.0. The molecule has 6 heteroatoms. The third-order valence-corrected chi connectivity index (χ3v) is 5.13. The third kappa shape index (κ3) is 4.19. The van der Waals surface area contributed by atoms with Crippen LogP contribution in [-0.2, 0) is 10.2 Å². The Labute approximate surface area is 111 Å². The Morgan fingerprint density at radius 3 is 2.50 bits per heavy atom. The van der Waals surface area contributed by atoms with Crippen LogP contribution in [-0.4, -0.2) is 38.4 Å². The lowest BCUT2D eigenvalue weighted by Gasteiger charge is -2.35. The van der Waals surface area contributed by atoms with Gasteiger partial charge in [-0.25, -0.2) is 0 Å². The predicted octanol–water partition coefficient (Wildman–Crippen LogP) is 0.926. The maximum absolute atomic E-state index is 12.3. The second-order valence-corrected chi connectivity index (χ2v) is 8.08. The first-order valence-electron chi connectivity index (χ1n) is 6.64. The minimum atomic E-state index is -3.41. The van der Waals surface area contributed by atoms with E-state index in [9.17, 15) is 8.42 Å². The molecule has 0 bridgehead atoms. The lowest BCUT2D eigenvalue weighted by Crippen LogP contribution is -2.54. The molecule has 1 aliphatic heterocycles. The highest BCUT2D eigenvalue weighted by Crippen LogP contribution is 2.22. The van der Waals surface area contributed by atoms with Crippen molar-refractivity contribution < 1.29 is 8.42 Å². The molecule has 0 amide bonds. The first-order chi connectivity index (χ1) is 8.16. The van der Waals surface area contributed by atoms with Crippen LogP contribution in [0.25, 0.3) is 0 Å². The third-order valence-electron chi connectivity index (χ3n) is 3.53. The molecule has 0 aliphatic carbocycles. The first kappa shape index (κ1) is 15.9. The van der Waals surface area contributed by atoms with Gasteiger partial charge in [0.2, 0.25) is 0 Å². The van der Waals surface area contributed by atoms with Crippen molar-refractivity contribution in [3.63, 3.8) is 0 Å². The Morgan fingerprint density at radius 2 is 2.06 bits per heavy atom. The average molecular weight is 277 g/mol. The quantitative estimate of drug-likeness (QED) is 0.802. The van der Waals surface area contributed by atoms with Crippen molar-refractivity contribution in [3.05, 3.63) is 0 Å². The van der Waals surface area contributed by atoms with E-state index in [2.05, 4.69) is 11.6 Å². The van der Waals surface area contributed by atoms with Crippen LogP contribution < -0.4 is 10.5 Å². The zero-order valence-corrected chi connectivity index (χ0v) is 12.8. The molecule has 0 aromatic rings. The van der Waals surface area contributed by atoms with E-state index in [0.717, 1.165) is 12.8 Å². The van der Waals surface area contributed by atoms with Crippen molar-refractivity contribution in [1.29, 1.82) is 0 Å². The van der Waals surface area contributed by atoms with E-state index >= 15 is 0 Å². The van der Waals surface area contributed by atoms with Gasteiger partial charge in [0.25, 0.3) is 10.2 Å². The summed E-state index contributed by atoms with van der Waals surface area (Å²) in [6.45, 7) is 9.60. The molecule has 18 heavy (non-hydrogen) atoms. The number of hydrogen-bond acceptors (Lipinski definition) is 3. The van der Waals surface area contributed by atoms with Gasteiger partial charge in [-0.3, -0.25) is 0 Å². The predicted molar refractivity (Wildman–Crippen MR) is 74.3 cm³/mol. The maximum atomic E-state index is 12.3. The van der Waals surface area contributed by atoms with Crippen molar-refractivity contribution in [2.45, 2.75) is 46.6 Å². The van der Waals surface area contributed by atoms with E-state index < -0.39 is 10.2 Å². The summed E-state index contributed by atoms with van der Waals surface area (Å²) in [6.07, 6.45) is 2.04. The van der Waals surface area contributed by atoms with E-state index in [0.29, 0.717) is 25.6 Å². The lowest BCUT2D eigenvalue weighted by molar-refractivity contribution is 0.261. The monoisotopic (exact) mass is 277 g/mol. The van der Waals surface area contributed by atoms with Crippen LogP contribution in [0.2, 0.25) is 0 Å². The van der Waals surface area contributed by atoms with Gasteiger partial charge >= 0.3 is 0 Å². The van der Waals surface area contributed by atoms with Crippen molar-refractivity contribution >= 4 is 10.2 Å². The molecule has 3 N–H and O–H groups in total. The Kier molecular flexibility index (Phi) is 5.17. The van der Waals surface area contributed by atoms with Gasteiger partial charge in [0, 0.05) is 25.7 Å². The van der Waals surface area contributed by atoms with Crippen LogP contribution in [0.4, 0.5) is 0 Å². The molecule has 1 aliphatic rings. The highest BCUT2D eigenvalue weighted by molar-refractivity contribution is 7.87. The Bertz CT molecular complexity index is 362. The van der Waals surface area contributed by atoms with Gasteiger partial charge in [-0.1, -0.05) is 27.7 Å². The Balaban J connectivity index is 2.74. The fraction of sp³-hybridized carbons (Fsp3) is 1.00. The fourth-order valence-electron chi connectivity index (χ4n) is 2.20. The van der Waals surface area contributed by atoms with Crippen molar-refractivity contribution in [2.75, 3.05) is 19.6 Å². The Hall–Kier alpha value is -0.170. The van der Waals surface area contributed by atoms with Gasteiger partial charge in [0.05, 0.1) is 0 Å². The summed E-state index contributed by atoms with van der Waals surface area (Å²) in [7, 11) is -3.41. The molecule has 2 atom stereocenters. The molecule has 1 saturated heterocycles. The number of nitrogens with two attached hydrogens (primary N) is 1. The molecule has 1 rings (SSSR count). The van der Waals surface area contributed by atoms with E-state index in [1.165, 1.54) is 0 Å². The number of nitrogens with zero attached hydrogens (tertiary/aromatic N) is 1. The molecule has 1 heterocycles. The second-order valence-electron chi connectivity index (χ2n) is 6.38. The summed E-state index contributed by atoms with van der Waals surface area (Å²) in [5.41, 5.74) is 5.50. The van der Waals surface area contributed by atoms with Crippen LogP contribution in [0.3, 0.4) is 0 Å². The van der Waals surface area contributed by atoms with Crippen molar-refractivity contribution in [1.82, 2.24) is 9.03 Å². The van der Waals surface area contributed by atoms with E-state index in [1.54, 1.807) is 4.31 Å². The second kappa shape index (κ2) is 5.86. The molecular weight excluding hydrogens is 250 g/mol. The summed E-state index contributed by atoms with van der Waals surface area (Å²) in [4.78, 5) is 0. The van der Waals surface area contributed by atoms with Gasteiger partial charge in [0.1, 0.15) is 0 Å². The van der Waals surface area contributed by atoms with Crippen LogP contribution in [0.1, 0.15) is 40.5 Å². The Morgan fingerprint density at radius 1 is 1.44 bits per heavy atom. The molecule has 108 valence electrons. The number of rotatable bonds is 4. The normalized spacial score (nSPS) is 25.1. The molecule has 0 aromatic carbocycles. The van der Waals surface area contributed by atoms with Gasteiger partial charge in [-0.05, 0) is 24.2 Å². The highest BCUT2D eigenvalue weighted by Gasteiger charge is 2.32. The summed E-state index contributed by atoms with van der Waals surface area (Å²) in [5.74, 6) is 0.432. The average Bonchev–Trinajstić information content (AvgIpc) is 2.24. The topological polar surface area (TPSA) is 75.4 Å². The summed E-state index contributed by atoms with van der Waals surface area (Å²) >= 11 is 0. The SMILES string of the molecule is CC1CCCN(S(=O)(=O)NC(CN)C(C)(C)C)C1. The summed E-state index contributed by atoms with van der Waals surface area (Å²) < 4.78 is 28.9. The smallest absolute Gasteiger partial charge is 0.279 e. The summed E-state index contributed by atoms with van der Waals surface area (Å²) in [5, 5.41) is 0. The molecular formula is C12H27N3O2S. The zero-order valence-electron chi connectivity index (χ0n) is 11.9. The lowest BCUT2D eigenvalue weighted by atomic mass is 9.88. The van der Waals surface area contributed by atoms with Crippen LogP contribution in [0, 0.1) is 11.3 Å². The first-order valence-corrected chi connectivity index (χ1v) is 8.08. The minimum Gasteiger partial charge on any atom is -0.329 e. The molecule has 0 radical (unpaired) electrons. The molecule has 1 fully saturated rings. The molecule has 5 nitrogen and oxygen atoms in total. The molecule has 0 spiro atoms. The molecule has 2 unspecified atom stereocenters. The number of hydrogen-bond donors (Lipinski definition) is 2. The summed E-state index contributed by atoms with van der Waals surface area (Å²) in [6, 6.07) is -0.236.